The highest BCUT2D eigenvalue weighted by atomic mass is 35.5. The van der Waals surface area contributed by atoms with Crippen molar-refractivity contribution in [1.82, 2.24) is 9.62 Å². The van der Waals surface area contributed by atoms with Crippen LogP contribution in [0, 0.1) is 5.92 Å². The summed E-state index contributed by atoms with van der Waals surface area (Å²) in [6.45, 7) is 5.69. The molecule has 0 saturated carbocycles. The number of sulfonamides is 1. The van der Waals surface area contributed by atoms with E-state index < -0.39 is 10.0 Å². The van der Waals surface area contributed by atoms with Crippen LogP contribution >= 0.6 is 12.4 Å². The van der Waals surface area contributed by atoms with Crippen molar-refractivity contribution < 1.29 is 13.2 Å². The van der Waals surface area contributed by atoms with Gasteiger partial charge in [0.2, 0.25) is 10.0 Å². The predicted octanol–water partition coefficient (Wildman–Crippen LogP) is 0.848. The molecule has 0 radical (unpaired) electrons. The van der Waals surface area contributed by atoms with Crippen LogP contribution in [0.3, 0.4) is 0 Å². The number of rotatable bonds is 6. The van der Waals surface area contributed by atoms with Gasteiger partial charge in [0.15, 0.2) is 0 Å². The van der Waals surface area contributed by atoms with Gasteiger partial charge < -0.3 is 10.1 Å². The summed E-state index contributed by atoms with van der Waals surface area (Å²) >= 11 is 0. The maximum atomic E-state index is 12.5. The van der Waals surface area contributed by atoms with Crippen LogP contribution in [0.15, 0.2) is 0 Å². The monoisotopic (exact) mass is 312 g/mol. The molecule has 0 amide bonds. The molecule has 114 valence electrons. The van der Waals surface area contributed by atoms with Gasteiger partial charge in [-0.2, -0.15) is 4.31 Å². The minimum Gasteiger partial charge on any atom is -0.381 e. The van der Waals surface area contributed by atoms with E-state index >= 15 is 0 Å². The fourth-order valence-corrected chi connectivity index (χ4v) is 4.91. The van der Waals surface area contributed by atoms with Crippen molar-refractivity contribution in [3.05, 3.63) is 0 Å². The van der Waals surface area contributed by atoms with Crippen molar-refractivity contribution in [3.63, 3.8) is 0 Å². The molecule has 2 aliphatic heterocycles. The normalized spacial score (nSPS) is 27.7. The SMILES string of the molecule is CCCN(C1CCNC1)S(=O)(=O)CC1CCOC1.Cl. The number of halogens is 1. The van der Waals surface area contributed by atoms with Gasteiger partial charge in [-0.15, -0.1) is 12.4 Å². The van der Waals surface area contributed by atoms with Crippen LogP contribution in [0.5, 0.6) is 0 Å². The summed E-state index contributed by atoms with van der Waals surface area (Å²) in [6.07, 6.45) is 2.68. The Labute approximate surface area is 122 Å². The predicted molar refractivity (Wildman–Crippen MR) is 78.2 cm³/mol. The molecule has 5 nitrogen and oxygen atoms in total. The molecule has 1 N–H and O–H groups in total. The first-order chi connectivity index (χ1) is 8.63. The third kappa shape index (κ3) is 4.56. The van der Waals surface area contributed by atoms with E-state index in [0.29, 0.717) is 19.8 Å². The first-order valence-corrected chi connectivity index (χ1v) is 8.52. The molecule has 2 aliphatic rings. The van der Waals surface area contributed by atoms with Crippen LogP contribution in [0.1, 0.15) is 26.2 Å². The van der Waals surface area contributed by atoms with Crippen molar-refractivity contribution in [3.8, 4) is 0 Å². The van der Waals surface area contributed by atoms with Crippen LogP contribution in [0.2, 0.25) is 0 Å². The number of hydrogen-bond donors (Lipinski definition) is 1. The average molecular weight is 313 g/mol. The molecule has 0 aromatic heterocycles. The average Bonchev–Trinajstić information content (AvgIpc) is 2.97. The van der Waals surface area contributed by atoms with Crippen LogP contribution in [0.25, 0.3) is 0 Å². The number of nitrogens with zero attached hydrogens (tertiary/aromatic N) is 1. The van der Waals surface area contributed by atoms with Crippen molar-refractivity contribution in [2.45, 2.75) is 32.2 Å². The maximum absolute atomic E-state index is 12.5. The second kappa shape index (κ2) is 7.78. The number of nitrogens with one attached hydrogen (secondary N) is 1. The van der Waals surface area contributed by atoms with Gasteiger partial charge in [0.05, 0.1) is 12.4 Å². The summed E-state index contributed by atoms with van der Waals surface area (Å²) in [5, 5.41) is 3.25. The zero-order chi connectivity index (χ0) is 13.0. The Kier molecular flexibility index (Phi) is 7.04. The molecule has 2 rings (SSSR count). The molecule has 2 fully saturated rings. The summed E-state index contributed by atoms with van der Waals surface area (Å²) < 4.78 is 32.0. The fraction of sp³-hybridized carbons (Fsp3) is 1.00. The molecule has 0 spiro atoms. The zero-order valence-corrected chi connectivity index (χ0v) is 13.1. The first kappa shape index (κ1) is 17.2. The van der Waals surface area contributed by atoms with E-state index in [-0.39, 0.29) is 30.1 Å². The topological polar surface area (TPSA) is 58.6 Å². The van der Waals surface area contributed by atoms with Crippen molar-refractivity contribution in [2.24, 2.45) is 5.92 Å². The van der Waals surface area contributed by atoms with Crippen molar-refractivity contribution >= 4 is 22.4 Å². The summed E-state index contributed by atoms with van der Waals surface area (Å²) in [5.41, 5.74) is 0. The largest absolute Gasteiger partial charge is 0.381 e. The lowest BCUT2D eigenvalue weighted by molar-refractivity contribution is 0.188. The molecule has 2 heterocycles. The molecule has 0 aromatic carbocycles. The van der Waals surface area contributed by atoms with Gasteiger partial charge in [0, 0.05) is 25.7 Å². The molecule has 0 bridgehead atoms. The summed E-state index contributed by atoms with van der Waals surface area (Å²) in [7, 11) is -3.14. The molecule has 0 aromatic rings. The van der Waals surface area contributed by atoms with E-state index in [1.165, 1.54) is 0 Å². The summed E-state index contributed by atoms with van der Waals surface area (Å²) in [6, 6.07) is 0.150. The minimum absolute atomic E-state index is 0. The lowest BCUT2D eigenvalue weighted by Gasteiger charge is -2.28. The molecule has 19 heavy (non-hydrogen) atoms. The Hall–Kier alpha value is 0.120. The van der Waals surface area contributed by atoms with Gasteiger partial charge in [-0.1, -0.05) is 6.92 Å². The molecule has 2 unspecified atom stereocenters. The van der Waals surface area contributed by atoms with E-state index in [4.69, 9.17) is 4.74 Å². The van der Waals surface area contributed by atoms with Gasteiger partial charge in [-0.25, -0.2) is 8.42 Å². The van der Waals surface area contributed by atoms with Gasteiger partial charge in [-0.3, -0.25) is 0 Å². The van der Waals surface area contributed by atoms with Crippen molar-refractivity contribution in [1.29, 1.82) is 0 Å². The third-order valence-electron chi connectivity index (χ3n) is 3.71. The maximum Gasteiger partial charge on any atom is 0.214 e. The van der Waals surface area contributed by atoms with Crippen LogP contribution in [0.4, 0.5) is 0 Å². The third-order valence-corrected chi connectivity index (χ3v) is 5.80. The van der Waals surface area contributed by atoms with E-state index in [2.05, 4.69) is 5.32 Å². The molecule has 2 saturated heterocycles. The molecule has 0 aliphatic carbocycles. The summed E-state index contributed by atoms with van der Waals surface area (Å²) in [5.74, 6) is 0.437. The molecular weight excluding hydrogens is 288 g/mol. The number of ether oxygens (including phenoxy) is 1. The molecule has 2 atom stereocenters. The zero-order valence-electron chi connectivity index (χ0n) is 11.5. The van der Waals surface area contributed by atoms with E-state index in [1.807, 2.05) is 6.92 Å². The highest BCUT2D eigenvalue weighted by Crippen LogP contribution is 2.20. The quantitative estimate of drug-likeness (QED) is 0.790. The lowest BCUT2D eigenvalue weighted by Crippen LogP contribution is -2.44. The Balaban J connectivity index is 0.00000180. The highest BCUT2D eigenvalue weighted by Gasteiger charge is 2.33. The Morgan fingerprint density at radius 2 is 2.16 bits per heavy atom. The standard InChI is InChI=1S/C12H24N2O3S.ClH/c1-2-6-14(12-3-5-13-8-12)18(15,16)10-11-4-7-17-9-11;/h11-13H,2-10H2,1H3;1H. The Morgan fingerprint density at radius 1 is 1.37 bits per heavy atom. The molecular formula is C12H25ClN2O3S. The van der Waals surface area contributed by atoms with E-state index in [9.17, 15) is 8.42 Å². The van der Waals surface area contributed by atoms with E-state index in [0.717, 1.165) is 32.4 Å². The first-order valence-electron chi connectivity index (χ1n) is 6.91. The van der Waals surface area contributed by atoms with Crippen LogP contribution < -0.4 is 5.32 Å². The van der Waals surface area contributed by atoms with Gasteiger partial charge in [0.25, 0.3) is 0 Å². The Morgan fingerprint density at radius 3 is 2.68 bits per heavy atom. The Bertz CT molecular complexity index is 352. The van der Waals surface area contributed by atoms with Gasteiger partial charge in [0.1, 0.15) is 0 Å². The van der Waals surface area contributed by atoms with E-state index in [1.54, 1.807) is 4.31 Å². The highest BCUT2D eigenvalue weighted by molar-refractivity contribution is 7.89. The summed E-state index contributed by atoms with van der Waals surface area (Å²) in [4.78, 5) is 0. The van der Waals surface area contributed by atoms with Crippen molar-refractivity contribution in [2.75, 3.05) is 38.6 Å². The van der Waals surface area contributed by atoms with Gasteiger partial charge >= 0.3 is 0 Å². The second-order valence-electron chi connectivity index (χ2n) is 5.27. The van der Waals surface area contributed by atoms with Gasteiger partial charge in [-0.05, 0) is 31.7 Å². The minimum atomic E-state index is -3.14. The fourth-order valence-electron chi connectivity index (χ4n) is 2.76. The molecule has 7 heteroatoms. The van der Waals surface area contributed by atoms with Crippen LogP contribution in [-0.4, -0.2) is 57.4 Å². The van der Waals surface area contributed by atoms with Crippen LogP contribution in [-0.2, 0) is 14.8 Å². The second-order valence-corrected chi connectivity index (χ2v) is 7.23. The number of hydrogen-bond acceptors (Lipinski definition) is 4. The smallest absolute Gasteiger partial charge is 0.214 e. The lowest BCUT2D eigenvalue weighted by atomic mass is 10.2.